The number of methoxy groups -OCH3 is 1. The molecule has 2 aromatic carbocycles. The molecule has 0 bridgehead atoms. The maximum atomic E-state index is 11.5. The van der Waals surface area contributed by atoms with E-state index in [9.17, 15) is 15.0 Å². The maximum Gasteiger partial charge on any atom is 0.342 e. The molecule has 138 valence electrons. The highest BCUT2D eigenvalue weighted by molar-refractivity contribution is 8.03. The van der Waals surface area contributed by atoms with Gasteiger partial charge in [0.1, 0.15) is 16.4 Å². The summed E-state index contributed by atoms with van der Waals surface area (Å²) in [6.07, 6.45) is 1.33. The first-order valence-corrected chi connectivity index (χ1v) is 8.75. The number of carboxylic acid groups (broad SMARTS) is 1. The lowest BCUT2D eigenvalue weighted by Crippen LogP contribution is -1.96. The van der Waals surface area contributed by atoms with Gasteiger partial charge in [0.15, 0.2) is 0 Å². The normalized spacial score (nSPS) is 11.4. The largest absolute Gasteiger partial charge is 0.507 e. The van der Waals surface area contributed by atoms with E-state index >= 15 is 0 Å². The Labute approximate surface area is 163 Å². The van der Waals surface area contributed by atoms with E-state index < -0.39 is 5.97 Å². The van der Waals surface area contributed by atoms with Gasteiger partial charge >= 0.3 is 5.97 Å². The van der Waals surface area contributed by atoms with Gasteiger partial charge in [-0.2, -0.15) is 0 Å². The van der Waals surface area contributed by atoms with E-state index in [0.717, 1.165) is 11.8 Å². The predicted molar refractivity (Wildman–Crippen MR) is 101 cm³/mol. The molecule has 0 radical (unpaired) electrons. The van der Waals surface area contributed by atoms with Crippen molar-refractivity contribution in [2.24, 2.45) is 0 Å². The Kier molecular flexibility index (Phi) is 5.68. The van der Waals surface area contributed by atoms with Gasteiger partial charge in [0.25, 0.3) is 11.1 Å². The van der Waals surface area contributed by atoms with Crippen LogP contribution < -0.4 is 4.74 Å². The van der Waals surface area contributed by atoms with Crippen LogP contribution in [0, 0.1) is 0 Å². The number of thioether (sulfide) groups is 1. The fraction of sp³-hybridized carbons (Fsp3) is 0.0556. The highest BCUT2D eigenvalue weighted by Crippen LogP contribution is 2.35. The van der Waals surface area contributed by atoms with E-state index in [4.69, 9.17) is 20.8 Å². The topological polar surface area (TPSA) is 106 Å². The molecular weight excluding hydrogens is 392 g/mol. The highest BCUT2D eigenvalue weighted by Gasteiger charge is 2.18. The number of benzene rings is 2. The second-order valence-electron chi connectivity index (χ2n) is 5.19. The lowest BCUT2D eigenvalue weighted by atomic mass is 10.2. The summed E-state index contributed by atoms with van der Waals surface area (Å²) < 4.78 is 10.8. The molecule has 0 aliphatic rings. The number of aromatic hydroxyl groups is 1. The van der Waals surface area contributed by atoms with E-state index in [-0.39, 0.29) is 21.8 Å². The van der Waals surface area contributed by atoms with Crippen LogP contribution in [0.3, 0.4) is 0 Å². The first-order valence-electron chi connectivity index (χ1n) is 7.56. The van der Waals surface area contributed by atoms with Crippen LogP contribution in [0.25, 0.3) is 17.5 Å². The number of carbonyl (C=O) groups is 1. The molecule has 0 atom stereocenters. The third-order valence-corrected chi connectivity index (χ3v) is 4.52. The van der Waals surface area contributed by atoms with Crippen molar-refractivity contribution in [1.29, 1.82) is 0 Å². The number of nitrogens with zero attached hydrogens (tertiary/aromatic N) is 2. The van der Waals surface area contributed by atoms with Crippen molar-refractivity contribution in [2.75, 3.05) is 7.11 Å². The number of hydrogen-bond donors (Lipinski definition) is 2. The van der Waals surface area contributed by atoms with Gasteiger partial charge in [-0.1, -0.05) is 29.8 Å². The molecule has 0 saturated carbocycles. The van der Waals surface area contributed by atoms with Gasteiger partial charge in [-0.25, -0.2) is 4.79 Å². The summed E-state index contributed by atoms with van der Waals surface area (Å²) in [4.78, 5) is 11.5. The Morgan fingerprint density at radius 3 is 2.74 bits per heavy atom. The summed E-state index contributed by atoms with van der Waals surface area (Å²) >= 11 is 6.77. The van der Waals surface area contributed by atoms with Crippen LogP contribution in [0.1, 0.15) is 5.56 Å². The average Bonchev–Trinajstić information content (AvgIpc) is 3.11. The molecule has 0 spiro atoms. The molecule has 0 amide bonds. The number of rotatable bonds is 6. The monoisotopic (exact) mass is 404 g/mol. The summed E-state index contributed by atoms with van der Waals surface area (Å²) in [5, 5.41) is 27.5. The minimum absolute atomic E-state index is 0.0242. The number of hydrogen-bond acceptors (Lipinski definition) is 7. The van der Waals surface area contributed by atoms with Crippen molar-refractivity contribution in [1.82, 2.24) is 10.2 Å². The van der Waals surface area contributed by atoms with E-state index in [1.54, 1.807) is 36.4 Å². The molecule has 1 heterocycles. The van der Waals surface area contributed by atoms with Crippen LogP contribution in [-0.2, 0) is 4.79 Å². The Morgan fingerprint density at radius 2 is 2.04 bits per heavy atom. The SMILES string of the molecule is COc1ccc(Cl)cc1-c1nnc(S/C(=C/c2ccccc2O)C(=O)O)o1. The minimum atomic E-state index is -1.19. The summed E-state index contributed by atoms with van der Waals surface area (Å²) in [6.45, 7) is 0. The number of aromatic nitrogens is 2. The number of carboxylic acids is 1. The molecular formula is C18H13ClN2O5S. The van der Waals surface area contributed by atoms with Gasteiger partial charge in [-0.15, -0.1) is 10.2 Å². The standard InChI is InChI=1S/C18H13ClN2O5S/c1-25-14-7-6-11(19)9-12(14)16-20-21-18(26-16)27-15(17(23)24)8-10-4-2-3-5-13(10)22/h2-9,22H,1H3,(H,23,24)/b15-8+. The van der Waals surface area contributed by atoms with Crippen molar-refractivity contribution < 1.29 is 24.2 Å². The van der Waals surface area contributed by atoms with Crippen molar-refractivity contribution in [3.63, 3.8) is 0 Å². The smallest absolute Gasteiger partial charge is 0.342 e. The quantitative estimate of drug-likeness (QED) is 0.462. The van der Waals surface area contributed by atoms with E-state index in [1.165, 1.54) is 19.3 Å². The zero-order chi connectivity index (χ0) is 19.4. The number of phenols is 1. The van der Waals surface area contributed by atoms with Crippen LogP contribution in [0.2, 0.25) is 5.02 Å². The Balaban J connectivity index is 1.91. The summed E-state index contributed by atoms with van der Waals surface area (Å²) in [7, 11) is 1.50. The summed E-state index contributed by atoms with van der Waals surface area (Å²) in [5.74, 6) is -0.595. The van der Waals surface area contributed by atoms with Crippen molar-refractivity contribution >= 4 is 35.4 Å². The second kappa shape index (κ2) is 8.15. The number of halogens is 1. The van der Waals surface area contributed by atoms with Crippen LogP contribution >= 0.6 is 23.4 Å². The van der Waals surface area contributed by atoms with Gasteiger partial charge in [-0.05, 0) is 42.1 Å². The molecule has 0 aliphatic carbocycles. The molecule has 27 heavy (non-hydrogen) atoms. The van der Waals surface area contributed by atoms with Crippen LogP contribution in [-0.4, -0.2) is 33.5 Å². The number of aliphatic carboxylic acids is 1. The lowest BCUT2D eigenvalue weighted by Gasteiger charge is -2.04. The zero-order valence-electron chi connectivity index (χ0n) is 13.9. The van der Waals surface area contributed by atoms with Gasteiger partial charge < -0.3 is 19.4 Å². The number of ether oxygens (including phenoxy) is 1. The molecule has 3 rings (SSSR count). The molecule has 0 saturated heterocycles. The van der Waals surface area contributed by atoms with Crippen LogP contribution in [0.4, 0.5) is 0 Å². The maximum absolute atomic E-state index is 11.5. The molecule has 3 aromatic rings. The fourth-order valence-corrected chi connectivity index (χ4v) is 3.02. The summed E-state index contributed by atoms with van der Waals surface area (Å²) in [5.41, 5.74) is 0.851. The molecule has 1 aromatic heterocycles. The van der Waals surface area contributed by atoms with Gasteiger partial charge in [-0.3, -0.25) is 0 Å². The van der Waals surface area contributed by atoms with Crippen molar-refractivity contribution in [3.8, 4) is 23.0 Å². The molecule has 0 aliphatic heterocycles. The van der Waals surface area contributed by atoms with Gasteiger partial charge in [0.05, 0.1) is 12.7 Å². The van der Waals surface area contributed by atoms with Gasteiger partial charge in [0.2, 0.25) is 0 Å². The summed E-state index contributed by atoms with van der Waals surface area (Å²) in [6, 6.07) is 11.3. The number of phenolic OH excluding ortho intramolecular Hbond substituents is 1. The Hall–Kier alpha value is -2.97. The first-order chi connectivity index (χ1) is 13.0. The van der Waals surface area contributed by atoms with Crippen LogP contribution in [0.5, 0.6) is 11.5 Å². The van der Waals surface area contributed by atoms with Gasteiger partial charge in [0, 0.05) is 10.6 Å². The zero-order valence-corrected chi connectivity index (χ0v) is 15.5. The lowest BCUT2D eigenvalue weighted by molar-refractivity contribution is -0.131. The molecule has 9 heteroatoms. The van der Waals surface area contributed by atoms with Crippen molar-refractivity contribution in [3.05, 3.63) is 58.0 Å². The fourth-order valence-electron chi connectivity index (χ4n) is 2.19. The predicted octanol–water partition coefficient (Wildman–Crippen LogP) is 4.32. The highest BCUT2D eigenvalue weighted by atomic mass is 35.5. The van der Waals surface area contributed by atoms with E-state index in [2.05, 4.69) is 10.2 Å². The second-order valence-corrected chi connectivity index (χ2v) is 6.62. The number of para-hydroxylation sites is 1. The first kappa shape index (κ1) is 18.8. The Bertz CT molecular complexity index is 1020. The van der Waals surface area contributed by atoms with Crippen LogP contribution in [0.15, 0.2) is 57.0 Å². The average molecular weight is 405 g/mol. The third-order valence-electron chi connectivity index (χ3n) is 3.43. The molecule has 0 fully saturated rings. The molecule has 2 N–H and O–H groups in total. The van der Waals surface area contributed by atoms with E-state index in [1.807, 2.05) is 0 Å². The van der Waals surface area contributed by atoms with E-state index in [0.29, 0.717) is 21.9 Å². The molecule has 0 unspecified atom stereocenters. The third kappa shape index (κ3) is 4.42. The minimum Gasteiger partial charge on any atom is -0.507 e. The van der Waals surface area contributed by atoms with Crippen molar-refractivity contribution in [2.45, 2.75) is 5.22 Å². The Morgan fingerprint density at radius 1 is 1.26 bits per heavy atom. The molecule has 7 nitrogen and oxygen atoms in total.